The Bertz CT molecular complexity index is 1120. The van der Waals surface area contributed by atoms with Crippen molar-refractivity contribution in [3.05, 3.63) is 64.1 Å². The molecule has 0 bridgehead atoms. The lowest BCUT2D eigenvalue weighted by Crippen LogP contribution is -2.55. The molecule has 0 radical (unpaired) electrons. The average molecular weight is 495 g/mol. The number of hydrogen-bond acceptors (Lipinski definition) is 7. The molecule has 192 valence electrons. The van der Waals surface area contributed by atoms with E-state index in [0.717, 1.165) is 31.6 Å². The van der Waals surface area contributed by atoms with Crippen LogP contribution in [-0.2, 0) is 32.0 Å². The summed E-state index contributed by atoms with van der Waals surface area (Å²) in [5.41, 5.74) is 1.48. The largest absolute Gasteiger partial charge is 0.493 e. The second-order valence-electron chi connectivity index (χ2n) is 10.3. The van der Waals surface area contributed by atoms with Crippen LogP contribution in [0, 0.1) is 11.8 Å². The van der Waals surface area contributed by atoms with Gasteiger partial charge in [-0.15, -0.1) is 0 Å². The SMILES string of the molecule is O=C1OC2(CC(CCc3ccccc3OCC3CCCCC3)CCN2Cc2ccc[nH]c2=O)OC1=O. The standard InChI is InChI=1S/C28H34N2O6/c31-25-23(10-6-15-29-25)18-30-16-14-20(17-28(30)35-26(32)27(33)36-28)12-13-22-9-4-5-11-24(22)34-19-21-7-2-1-3-8-21/h4-6,9-11,15,20-21H,1-3,7-8,12-14,16-19H2,(H,29,31). The van der Waals surface area contributed by atoms with E-state index in [1.807, 2.05) is 18.2 Å². The number of likely N-dealkylation sites (tertiary alicyclic amines) is 1. The van der Waals surface area contributed by atoms with Gasteiger partial charge in [0, 0.05) is 31.3 Å². The van der Waals surface area contributed by atoms with Crippen LogP contribution in [0.5, 0.6) is 5.75 Å². The zero-order valence-electron chi connectivity index (χ0n) is 20.6. The van der Waals surface area contributed by atoms with Crippen molar-refractivity contribution in [1.82, 2.24) is 9.88 Å². The summed E-state index contributed by atoms with van der Waals surface area (Å²) in [6.45, 7) is 1.53. The molecule has 2 aromatic rings. The highest BCUT2D eigenvalue weighted by Gasteiger charge is 2.55. The van der Waals surface area contributed by atoms with Gasteiger partial charge in [0.05, 0.1) is 6.61 Å². The second-order valence-corrected chi connectivity index (χ2v) is 10.3. The lowest BCUT2D eigenvalue weighted by atomic mass is 9.87. The smallest absolute Gasteiger partial charge is 0.421 e. The van der Waals surface area contributed by atoms with Gasteiger partial charge in [-0.05, 0) is 61.6 Å². The molecule has 8 heteroatoms. The molecule has 8 nitrogen and oxygen atoms in total. The third-order valence-electron chi connectivity index (χ3n) is 7.76. The van der Waals surface area contributed by atoms with Crippen molar-refractivity contribution in [3.8, 4) is 5.75 Å². The molecule has 1 aromatic heterocycles. The van der Waals surface area contributed by atoms with Crippen LogP contribution in [0.25, 0.3) is 0 Å². The molecule has 0 amide bonds. The lowest BCUT2D eigenvalue weighted by Gasteiger charge is -2.43. The molecule has 1 atom stereocenters. The van der Waals surface area contributed by atoms with Crippen molar-refractivity contribution in [2.24, 2.45) is 11.8 Å². The number of piperidine rings is 1. The Morgan fingerprint density at radius 1 is 0.917 bits per heavy atom. The number of H-pyrrole nitrogens is 1. The van der Waals surface area contributed by atoms with Crippen LogP contribution < -0.4 is 10.3 Å². The minimum absolute atomic E-state index is 0.181. The highest BCUT2D eigenvalue weighted by Crippen LogP contribution is 2.40. The summed E-state index contributed by atoms with van der Waals surface area (Å²) in [7, 11) is 0. The number of esters is 2. The van der Waals surface area contributed by atoms with Crippen LogP contribution in [0.1, 0.15) is 62.5 Å². The summed E-state index contributed by atoms with van der Waals surface area (Å²) < 4.78 is 17.3. The zero-order valence-corrected chi connectivity index (χ0v) is 20.6. The molecule has 3 heterocycles. The summed E-state index contributed by atoms with van der Waals surface area (Å²) in [4.78, 5) is 40.8. The third-order valence-corrected chi connectivity index (χ3v) is 7.76. The van der Waals surface area contributed by atoms with E-state index in [9.17, 15) is 14.4 Å². The third kappa shape index (κ3) is 5.48. The Labute approximate surface area is 210 Å². The second kappa shape index (κ2) is 10.9. The van der Waals surface area contributed by atoms with Crippen LogP contribution >= 0.6 is 0 Å². The van der Waals surface area contributed by atoms with Crippen LogP contribution in [0.3, 0.4) is 0 Å². The first-order valence-corrected chi connectivity index (χ1v) is 13.1. The molecule has 1 aliphatic carbocycles. The number of aromatic nitrogens is 1. The van der Waals surface area contributed by atoms with E-state index in [1.54, 1.807) is 23.2 Å². The fourth-order valence-electron chi connectivity index (χ4n) is 5.72. The fraction of sp³-hybridized carbons (Fsp3) is 0.536. The van der Waals surface area contributed by atoms with Gasteiger partial charge in [0.2, 0.25) is 0 Å². The van der Waals surface area contributed by atoms with Crippen molar-refractivity contribution in [3.63, 3.8) is 0 Å². The summed E-state index contributed by atoms with van der Waals surface area (Å²) in [5.74, 6) is -1.67. The highest BCUT2D eigenvalue weighted by atomic mass is 16.8. The molecule has 36 heavy (non-hydrogen) atoms. The number of rotatable bonds is 8. The quantitative estimate of drug-likeness (QED) is 0.439. The van der Waals surface area contributed by atoms with Crippen LogP contribution in [0.4, 0.5) is 0 Å². The van der Waals surface area contributed by atoms with E-state index in [-0.39, 0.29) is 18.0 Å². The van der Waals surface area contributed by atoms with Gasteiger partial charge < -0.3 is 19.2 Å². The van der Waals surface area contributed by atoms with E-state index in [1.165, 1.54) is 37.7 Å². The van der Waals surface area contributed by atoms with Gasteiger partial charge in [0.15, 0.2) is 0 Å². The maximum absolute atomic E-state index is 12.2. The van der Waals surface area contributed by atoms with E-state index in [2.05, 4.69) is 11.1 Å². The summed E-state index contributed by atoms with van der Waals surface area (Å²) >= 11 is 0. The number of benzene rings is 1. The number of pyridine rings is 1. The monoisotopic (exact) mass is 494 g/mol. The molecular weight excluding hydrogens is 460 g/mol. The Morgan fingerprint density at radius 3 is 2.44 bits per heavy atom. The number of aromatic amines is 1. The van der Waals surface area contributed by atoms with Gasteiger partial charge in [0.1, 0.15) is 5.75 Å². The van der Waals surface area contributed by atoms with Crippen LogP contribution in [-0.4, -0.2) is 40.9 Å². The topological polar surface area (TPSA) is 97.9 Å². The van der Waals surface area contributed by atoms with Crippen LogP contribution in [0.15, 0.2) is 47.4 Å². The minimum Gasteiger partial charge on any atom is -0.493 e. The number of hydrogen-bond donors (Lipinski definition) is 1. The Morgan fingerprint density at radius 2 is 1.67 bits per heavy atom. The number of nitrogens with zero attached hydrogens (tertiary/aromatic N) is 1. The maximum atomic E-state index is 12.2. The van der Waals surface area contributed by atoms with Gasteiger partial charge in [0.25, 0.3) is 5.56 Å². The van der Waals surface area contributed by atoms with Crippen molar-refractivity contribution in [1.29, 1.82) is 0 Å². The van der Waals surface area contributed by atoms with Crippen molar-refractivity contribution in [2.75, 3.05) is 13.2 Å². The zero-order chi connectivity index (χ0) is 25.0. The number of aryl methyl sites for hydroxylation is 1. The van der Waals surface area contributed by atoms with Crippen molar-refractivity contribution >= 4 is 11.9 Å². The van der Waals surface area contributed by atoms with E-state index in [4.69, 9.17) is 14.2 Å². The average Bonchev–Trinajstić information content (AvgIpc) is 3.18. The molecule has 3 aliphatic rings. The molecule has 5 rings (SSSR count). The van der Waals surface area contributed by atoms with E-state index in [0.29, 0.717) is 24.4 Å². The highest BCUT2D eigenvalue weighted by molar-refractivity contribution is 6.31. The summed E-state index contributed by atoms with van der Waals surface area (Å²) in [6.07, 6.45) is 10.9. The first-order valence-electron chi connectivity index (χ1n) is 13.1. The predicted molar refractivity (Wildman–Crippen MR) is 132 cm³/mol. The number of nitrogens with one attached hydrogen (secondary N) is 1. The van der Waals surface area contributed by atoms with Gasteiger partial charge in [-0.25, -0.2) is 14.5 Å². The summed E-state index contributed by atoms with van der Waals surface area (Å²) in [6, 6.07) is 11.7. The van der Waals surface area contributed by atoms with Crippen molar-refractivity contribution < 1.29 is 23.8 Å². The number of para-hydroxylation sites is 1. The minimum atomic E-state index is -1.46. The van der Waals surface area contributed by atoms with E-state index >= 15 is 0 Å². The van der Waals surface area contributed by atoms with Crippen LogP contribution in [0.2, 0.25) is 0 Å². The number of carbonyl (C=O) groups excluding carboxylic acids is 2. The Kier molecular flexibility index (Phi) is 7.41. The molecular formula is C28H34N2O6. The molecule has 2 aliphatic heterocycles. The lowest BCUT2D eigenvalue weighted by molar-refractivity contribution is -0.274. The normalized spacial score (nSPS) is 22.4. The van der Waals surface area contributed by atoms with Gasteiger partial charge in [-0.1, -0.05) is 43.5 Å². The molecule has 2 saturated heterocycles. The molecule has 1 spiro atoms. The Hall–Kier alpha value is -3.13. The first-order chi connectivity index (χ1) is 17.5. The van der Waals surface area contributed by atoms with Gasteiger partial charge in [-0.2, -0.15) is 0 Å². The molecule has 1 aromatic carbocycles. The fourth-order valence-corrected chi connectivity index (χ4v) is 5.72. The van der Waals surface area contributed by atoms with Crippen molar-refractivity contribution in [2.45, 2.75) is 70.2 Å². The molecule has 1 saturated carbocycles. The maximum Gasteiger partial charge on any atom is 0.421 e. The van der Waals surface area contributed by atoms with E-state index < -0.39 is 17.8 Å². The first kappa shape index (κ1) is 24.6. The van der Waals surface area contributed by atoms with Gasteiger partial charge >= 0.3 is 17.8 Å². The molecule has 1 N–H and O–H groups in total. The number of carbonyl (C=O) groups is 2. The predicted octanol–water partition coefficient (Wildman–Crippen LogP) is 3.93. The number of ether oxygens (including phenoxy) is 3. The Balaban J connectivity index is 1.24. The molecule has 1 unspecified atom stereocenters. The summed E-state index contributed by atoms with van der Waals surface area (Å²) in [5, 5.41) is 0. The van der Waals surface area contributed by atoms with Gasteiger partial charge in [-0.3, -0.25) is 4.79 Å². The molecule has 3 fully saturated rings.